The van der Waals surface area contributed by atoms with Crippen LogP contribution in [0.5, 0.6) is 0 Å². The van der Waals surface area contributed by atoms with Gasteiger partial charge in [0.25, 0.3) is 10.0 Å². The highest BCUT2D eigenvalue weighted by molar-refractivity contribution is 7.92. The van der Waals surface area contributed by atoms with Crippen molar-refractivity contribution in [2.45, 2.75) is 4.90 Å². The van der Waals surface area contributed by atoms with Crippen molar-refractivity contribution in [3.63, 3.8) is 0 Å². The van der Waals surface area contributed by atoms with Crippen LogP contribution in [0, 0.1) is 11.3 Å². The maximum atomic E-state index is 12.4. The number of aromatic nitrogens is 2. The Bertz CT molecular complexity index is 1030. The number of hydrogen-bond acceptors (Lipinski definition) is 4. The molecule has 0 amide bonds. The molecule has 6 nitrogen and oxygen atoms in total. The fourth-order valence-corrected chi connectivity index (χ4v) is 3.35. The van der Waals surface area contributed by atoms with E-state index < -0.39 is 10.0 Å². The lowest BCUT2D eigenvalue weighted by molar-refractivity contribution is 0.600. The number of rotatable bonds is 3. The van der Waals surface area contributed by atoms with Gasteiger partial charge in [-0.1, -0.05) is 11.6 Å². The largest absolute Gasteiger partial charge is 0.313 e. The molecule has 0 aliphatic heterocycles. The lowest BCUT2D eigenvalue weighted by Gasteiger charge is -2.07. The van der Waals surface area contributed by atoms with E-state index in [2.05, 4.69) is 9.71 Å². The second kappa shape index (κ2) is 5.57. The SMILES string of the molecule is Cn1c(NS(=O)(=O)c2ccc(C#N)cc2)nc2cc(Cl)ccc21. The molecule has 0 saturated heterocycles. The number of sulfonamides is 1. The maximum absolute atomic E-state index is 12.4. The van der Waals surface area contributed by atoms with Crippen LogP contribution >= 0.6 is 11.6 Å². The lowest BCUT2D eigenvalue weighted by atomic mass is 10.2. The Morgan fingerprint density at radius 2 is 1.91 bits per heavy atom. The first-order valence-corrected chi connectivity index (χ1v) is 8.42. The van der Waals surface area contributed by atoms with Crippen LogP contribution in [0.4, 0.5) is 5.95 Å². The van der Waals surface area contributed by atoms with Crippen LogP contribution in [0.25, 0.3) is 11.0 Å². The van der Waals surface area contributed by atoms with Gasteiger partial charge in [0.15, 0.2) is 0 Å². The summed E-state index contributed by atoms with van der Waals surface area (Å²) in [5.74, 6) is 0.187. The second-order valence-corrected chi connectivity index (χ2v) is 6.99. The lowest BCUT2D eigenvalue weighted by Crippen LogP contribution is -2.15. The number of nitriles is 1. The Morgan fingerprint density at radius 3 is 2.57 bits per heavy atom. The van der Waals surface area contributed by atoms with Crippen LogP contribution in [0.2, 0.25) is 5.02 Å². The molecule has 0 spiro atoms. The van der Waals surface area contributed by atoms with Crippen LogP contribution < -0.4 is 4.72 Å². The van der Waals surface area contributed by atoms with E-state index in [0.717, 1.165) is 5.52 Å². The van der Waals surface area contributed by atoms with Crippen molar-refractivity contribution in [3.05, 3.63) is 53.1 Å². The molecule has 0 unspecified atom stereocenters. The summed E-state index contributed by atoms with van der Waals surface area (Å²) >= 11 is 5.92. The zero-order valence-electron chi connectivity index (χ0n) is 12.0. The molecule has 3 rings (SSSR count). The Morgan fingerprint density at radius 1 is 1.22 bits per heavy atom. The number of halogens is 1. The molecule has 0 bridgehead atoms. The van der Waals surface area contributed by atoms with Gasteiger partial charge in [0, 0.05) is 12.1 Å². The number of nitrogens with zero attached hydrogens (tertiary/aromatic N) is 3. The third kappa shape index (κ3) is 2.86. The van der Waals surface area contributed by atoms with Crippen molar-refractivity contribution in [3.8, 4) is 6.07 Å². The first-order valence-electron chi connectivity index (χ1n) is 6.56. The average Bonchev–Trinajstić information content (AvgIpc) is 2.82. The fourth-order valence-electron chi connectivity index (χ4n) is 2.15. The van der Waals surface area contributed by atoms with E-state index in [1.54, 1.807) is 29.8 Å². The third-order valence-electron chi connectivity index (χ3n) is 3.36. The topological polar surface area (TPSA) is 87.8 Å². The van der Waals surface area contributed by atoms with Crippen molar-refractivity contribution in [1.82, 2.24) is 9.55 Å². The smallest absolute Gasteiger partial charge is 0.264 e. The summed E-state index contributed by atoms with van der Waals surface area (Å²) < 4.78 is 28.9. The van der Waals surface area contributed by atoms with Crippen molar-refractivity contribution < 1.29 is 8.42 Å². The predicted molar refractivity (Wildman–Crippen MR) is 87.7 cm³/mol. The Labute approximate surface area is 138 Å². The van der Waals surface area contributed by atoms with Gasteiger partial charge in [-0.25, -0.2) is 18.1 Å². The molecule has 1 heterocycles. The third-order valence-corrected chi connectivity index (χ3v) is 4.94. The van der Waals surface area contributed by atoms with Gasteiger partial charge in [0.2, 0.25) is 5.95 Å². The number of benzene rings is 2. The van der Waals surface area contributed by atoms with E-state index in [-0.39, 0.29) is 10.8 Å². The van der Waals surface area contributed by atoms with Crippen molar-refractivity contribution in [2.24, 2.45) is 7.05 Å². The predicted octanol–water partition coefficient (Wildman–Crippen LogP) is 2.90. The highest BCUT2D eigenvalue weighted by Crippen LogP contribution is 2.23. The molecule has 8 heteroatoms. The van der Waals surface area contributed by atoms with Crippen molar-refractivity contribution in [2.75, 3.05) is 4.72 Å². The second-order valence-electron chi connectivity index (χ2n) is 4.87. The van der Waals surface area contributed by atoms with Crippen LogP contribution in [0.15, 0.2) is 47.4 Å². The normalized spacial score (nSPS) is 11.3. The van der Waals surface area contributed by atoms with Gasteiger partial charge in [-0.15, -0.1) is 0 Å². The van der Waals surface area contributed by atoms with E-state index in [9.17, 15) is 8.42 Å². The summed E-state index contributed by atoms with van der Waals surface area (Å²) in [4.78, 5) is 4.31. The molecular weight excluding hydrogens is 336 g/mol. The summed E-state index contributed by atoms with van der Waals surface area (Å²) in [6.07, 6.45) is 0. The highest BCUT2D eigenvalue weighted by Gasteiger charge is 2.18. The van der Waals surface area contributed by atoms with Gasteiger partial charge in [-0.2, -0.15) is 5.26 Å². The zero-order chi connectivity index (χ0) is 16.6. The van der Waals surface area contributed by atoms with Gasteiger partial charge in [0.1, 0.15) is 0 Å². The standard InChI is InChI=1S/C15H11ClN4O2S/c1-20-14-7-4-11(16)8-13(14)18-15(20)19-23(21,22)12-5-2-10(9-17)3-6-12/h2-8H,1H3,(H,18,19). The van der Waals surface area contributed by atoms with Gasteiger partial charge < -0.3 is 4.57 Å². The van der Waals surface area contributed by atoms with Crippen molar-refractivity contribution in [1.29, 1.82) is 5.26 Å². The number of hydrogen-bond donors (Lipinski definition) is 1. The summed E-state index contributed by atoms with van der Waals surface area (Å²) in [5, 5.41) is 9.29. The minimum absolute atomic E-state index is 0.0570. The van der Waals surface area contributed by atoms with Crippen LogP contribution in [-0.4, -0.2) is 18.0 Å². The molecule has 116 valence electrons. The summed E-state index contributed by atoms with van der Waals surface area (Å²) in [7, 11) is -2.09. The van der Waals surface area contributed by atoms with Gasteiger partial charge in [-0.3, -0.25) is 0 Å². The number of aryl methyl sites for hydroxylation is 1. The summed E-state index contributed by atoms with van der Waals surface area (Å²) in [5.41, 5.74) is 1.74. The van der Waals surface area contributed by atoms with E-state index in [1.165, 1.54) is 24.3 Å². The molecule has 1 aromatic heterocycles. The summed E-state index contributed by atoms with van der Waals surface area (Å²) in [6.45, 7) is 0. The molecular formula is C15H11ClN4O2S. The van der Waals surface area contributed by atoms with Crippen LogP contribution in [0.1, 0.15) is 5.56 Å². The Balaban J connectivity index is 2.00. The highest BCUT2D eigenvalue weighted by atomic mass is 35.5. The van der Waals surface area contributed by atoms with Crippen LogP contribution in [-0.2, 0) is 17.1 Å². The van der Waals surface area contributed by atoms with E-state index in [4.69, 9.17) is 16.9 Å². The van der Waals surface area contributed by atoms with E-state index in [1.807, 2.05) is 6.07 Å². The minimum atomic E-state index is -3.79. The van der Waals surface area contributed by atoms with Gasteiger partial charge in [0.05, 0.1) is 27.6 Å². The molecule has 1 N–H and O–H groups in total. The zero-order valence-corrected chi connectivity index (χ0v) is 13.6. The fraction of sp³-hybridized carbons (Fsp3) is 0.0667. The van der Waals surface area contributed by atoms with Crippen LogP contribution in [0.3, 0.4) is 0 Å². The molecule has 3 aromatic rings. The summed E-state index contributed by atoms with van der Waals surface area (Å²) in [6, 6.07) is 12.7. The molecule has 2 aromatic carbocycles. The molecule has 0 atom stereocenters. The van der Waals surface area contributed by atoms with Crippen molar-refractivity contribution >= 4 is 38.6 Å². The molecule has 0 saturated carbocycles. The number of fused-ring (bicyclic) bond motifs is 1. The first kappa shape index (κ1) is 15.3. The molecule has 23 heavy (non-hydrogen) atoms. The number of imidazole rings is 1. The first-order chi connectivity index (χ1) is 10.9. The maximum Gasteiger partial charge on any atom is 0.264 e. The molecule has 0 radical (unpaired) electrons. The Kier molecular flexibility index (Phi) is 3.72. The van der Waals surface area contributed by atoms with Gasteiger partial charge >= 0.3 is 0 Å². The average molecular weight is 347 g/mol. The van der Waals surface area contributed by atoms with E-state index >= 15 is 0 Å². The molecule has 0 aliphatic carbocycles. The van der Waals surface area contributed by atoms with Gasteiger partial charge in [-0.05, 0) is 42.5 Å². The monoisotopic (exact) mass is 346 g/mol. The quantitative estimate of drug-likeness (QED) is 0.789. The Hall–Kier alpha value is -2.56. The number of nitrogens with one attached hydrogen (secondary N) is 1. The molecule has 0 aliphatic rings. The molecule has 0 fully saturated rings. The minimum Gasteiger partial charge on any atom is -0.313 e. The van der Waals surface area contributed by atoms with E-state index in [0.29, 0.717) is 16.1 Å². The number of anilines is 1.